The highest BCUT2D eigenvalue weighted by Gasteiger charge is 2.29. The van der Waals surface area contributed by atoms with Crippen molar-refractivity contribution in [3.05, 3.63) is 83.7 Å². The van der Waals surface area contributed by atoms with Crippen LogP contribution < -0.4 is 20.3 Å². The standard InChI is InChI=1S/C26H35N7O3.C12H12N2OS.C9H18NO4P.C2H6/c1-27-26-23(18-22(28-29-26)21-4-2-3-5-24(21)34)33-13-11-32(12-14-33)19-20-6-9-31(10-7-20)15-17-35-25-8-16-36-30-25;1-9-12(16-8-14-9)11-4-2-10(3-5-11)6-13-7-15;1-7(2)5-9(11)10-4-3-8(6-10)14-15(12)13;1-2/h2-5,8,16,18,20,34H,6-7,9-15,17,19H2,1H3,(H,27,29);2-5,7-8H,6H2,1H3,(H,13,15);7-8,12-13H,3-6H2,1-2H3;1-2H3. The van der Waals surface area contributed by atoms with E-state index in [1.165, 1.54) is 29.5 Å². The maximum atomic E-state index is 11.6. The molecule has 0 spiro atoms. The number of ether oxygens (including phenoxy) is 1. The van der Waals surface area contributed by atoms with Gasteiger partial charge in [-0.25, -0.2) is 4.98 Å². The average molecular weight is 991 g/mol. The summed E-state index contributed by atoms with van der Waals surface area (Å²) in [6.07, 6.45) is 5.70. The predicted octanol–water partition coefficient (Wildman–Crippen LogP) is 7.04. The number of aromatic nitrogens is 4. The van der Waals surface area contributed by atoms with Crippen molar-refractivity contribution in [1.82, 2.24) is 40.4 Å². The number of aryl methyl sites for hydroxylation is 1. The van der Waals surface area contributed by atoms with Crippen LogP contribution in [0.1, 0.15) is 64.6 Å². The summed E-state index contributed by atoms with van der Waals surface area (Å²) in [5, 5.41) is 28.6. The number of amides is 2. The molecule has 5 N–H and O–H groups in total. The average Bonchev–Trinajstić information content (AvgIpc) is 4.16. The van der Waals surface area contributed by atoms with E-state index in [2.05, 4.69) is 57.8 Å². The first-order chi connectivity index (χ1) is 33.5. The summed E-state index contributed by atoms with van der Waals surface area (Å²) in [5.41, 5.74) is 7.60. The Morgan fingerprint density at radius 1 is 0.971 bits per heavy atom. The second kappa shape index (κ2) is 29.0. The van der Waals surface area contributed by atoms with Crippen LogP contribution in [0.3, 0.4) is 0 Å². The molecule has 2 aromatic carbocycles. The Kier molecular flexibility index (Phi) is 23.0. The molecule has 69 heavy (non-hydrogen) atoms. The van der Waals surface area contributed by atoms with Crippen molar-refractivity contribution in [1.29, 1.82) is 0 Å². The number of likely N-dealkylation sites (tertiary alicyclic amines) is 2. The number of benzene rings is 2. The number of para-hydroxylation sites is 1. The quantitative estimate of drug-likeness (QED) is 0.0466. The number of piperazine rings is 1. The maximum absolute atomic E-state index is 11.6. The lowest BCUT2D eigenvalue weighted by Crippen LogP contribution is -2.49. The molecule has 18 nitrogen and oxygen atoms in total. The Labute approximate surface area is 412 Å². The molecule has 2 amide bonds. The summed E-state index contributed by atoms with van der Waals surface area (Å²) in [5.74, 6) is 2.76. The van der Waals surface area contributed by atoms with Crippen molar-refractivity contribution in [3.63, 3.8) is 0 Å². The minimum Gasteiger partial charge on any atom is -0.507 e. The summed E-state index contributed by atoms with van der Waals surface area (Å²) in [6, 6.07) is 19.2. The largest absolute Gasteiger partial charge is 0.507 e. The molecule has 0 bridgehead atoms. The fourth-order valence-electron chi connectivity index (χ4n) is 8.27. The van der Waals surface area contributed by atoms with Crippen molar-refractivity contribution in [2.45, 2.75) is 73.0 Å². The van der Waals surface area contributed by atoms with E-state index in [0.29, 0.717) is 68.5 Å². The first-order valence-electron chi connectivity index (χ1n) is 23.8. The highest BCUT2D eigenvalue weighted by Crippen LogP contribution is 2.34. The lowest BCUT2D eigenvalue weighted by molar-refractivity contribution is -0.131. The molecule has 0 radical (unpaired) electrons. The van der Waals surface area contributed by atoms with E-state index in [1.54, 1.807) is 28.4 Å². The van der Waals surface area contributed by atoms with Crippen LogP contribution in [0.5, 0.6) is 11.6 Å². The van der Waals surface area contributed by atoms with Crippen molar-refractivity contribution in [2.24, 2.45) is 11.8 Å². The second-order valence-corrected chi connectivity index (χ2v) is 18.7. The number of hydrogen-bond acceptors (Lipinski definition) is 17. The Hall–Kier alpha value is -5.27. The Bertz CT molecular complexity index is 2240. The van der Waals surface area contributed by atoms with Gasteiger partial charge in [0.05, 0.1) is 33.6 Å². The molecule has 3 aliphatic heterocycles. The van der Waals surface area contributed by atoms with Gasteiger partial charge in [0.25, 0.3) is 5.88 Å². The molecule has 3 saturated heterocycles. The molecule has 3 fully saturated rings. The first-order valence-corrected chi connectivity index (χ1v) is 25.9. The fourth-order valence-corrected chi connectivity index (χ4v) is 9.52. The molecular weight excluding hydrogens is 920 g/mol. The van der Waals surface area contributed by atoms with Crippen LogP contribution in [-0.2, 0) is 20.7 Å². The van der Waals surface area contributed by atoms with Crippen LogP contribution in [0.2, 0.25) is 0 Å². The maximum Gasteiger partial charge on any atom is 0.327 e. The molecule has 6 heterocycles. The summed E-state index contributed by atoms with van der Waals surface area (Å²) in [6.45, 7) is 20.6. The van der Waals surface area contributed by atoms with Gasteiger partial charge >= 0.3 is 8.60 Å². The SMILES string of the molecule is CC.CC(C)CC(=O)N1CCC(OP(O)O)C1.CNc1nnc(-c2ccccc2O)cc1N1CCN(CC2CCN(CCOc3ccon3)CC2)CC1.Cc1ncsc1-c1ccc(CNC=O)cc1. The molecule has 3 aliphatic rings. The number of phenols is 1. The lowest BCUT2D eigenvalue weighted by atomic mass is 9.96. The van der Waals surface area contributed by atoms with Gasteiger partial charge in [-0.15, -0.1) is 21.5 Å². The van der Waals surface area contributed by atoms with Gasteiger partial charge in [-0.05, 0) is 85.6 Å². The third kappa shape index (κ3) is 17.6. The van der Waals surface area contributed by atoms with Crippen molar-refractivity contribution in [2.75, 3.05) is 89.3 Å². The molecular formula is C49H71N10O8PS. The van der Waals surface area contributed by atoms with Gasteiger partial charge in [0.15, 0.2) is 5.82 Å². The number of rotatable bonds is 17. The van der Waals surface area contributed by atoms with Crippen LogP contribution in [-0.4, -0.2) is 147 Å². The van der Waals surface area contributed by atoms with Gasteiger partial charge in [-0.1, -0.05) is 64.1 Å². The molecule has 3 aromatic heterocycles. The number of carbonyl (C=O) groups excluding carboxylic acids is 2. The topological polar surface area (TPSA) is 215 Å². The van der Waals surface area contributed by atoms with E-state index >= 15 is 0 Å². The zero-order valence-electron chi connectivity index (χ0n) is 40.9. The number of piperidine rings is 1. The van der Waals surface area contributed by atoms with E-state index in [9.17, 15) is 14.7 Å². The number of thiazole rings is 1. The van der Waals surface area contributed by atoms with Gasteiger partial charge in [0.2, 0.25) is 12.3 Å². The zero-order chi connectivity index (χ0) is 49.5. The lowest BCUT2D eigenvalue weighted by Gasteiger charge is -2.39. The van der Waals surface area contributed by atoms with Crippen LogP contribution in [0.25, 0.3) is 21.7 Å². The molecule has 8 rings (SSSR count). The normalized spacial score (nSPS) is 16.5. The molecule has 20 heteroatoms. The van der Waals surface area contributed by atoms with Gasteiger partial charge < -0.3 is 49.1 Å². The van der Waals surface area contributed by atoms with Crippen LogP contribution in [0, 0.1) is 18.8 Å². The Morgan fingerprint density at radius 2 is 1.71 bits per heavy atom. The minimum atomic E-state index is -2.30. The van der Waals surface area contributed by atoms with Crippen LogP contribution >= 0.6 is 19.9 Å². The van der Waals surface area contributed by atoms with E-state index in [-0.39, 0.29) is 17.8 Å². The highest BCUT2D eigenvalue weighted by atomic mass is 32.1. The van der Waals surface area contributed by atoms with Gasteiger partial charge in [0, 0.05) is 84.0 Å². The molecule has 376 valence electrons. The first kappa shape index (κ1) is 54.7. The summed E-state index contributed by atoms with van der Waals surface area (Å²) in [7, 11) is -0.433. The molecule has 5 aromatic rings. The van der Waals surface area contributed by atoms with Gasteiger partial charge in [-0.2, -0.15) is 0 Å². The number of nitrogens with one attached hydrogen (secondary N) is 2. The third-order valence-electron chi connectivity index (χ3n) is 11.9. The number of nitrogens with zero attached hydrogens (tertiary/aromatic N) is 8. The molecule has 0 aliphatic carbocycles. The number of hydrogen-bond donors (Lipinski definition) is 5. The zero-order valence-corrected chi connectivity index (χ0v) is 42.6. The summed E-state index contributed by atoms with van der Waals surface area (Å²) in [4.78, 5) is 53.8. The monoisotopic (exact) mass is 990 g/mol. The van der Waals surface area contributed by atoms with Gasteiger partial charge in [-0.3, -0.25) is 19.4 Å². The summed E-state index contributed by atoms with van der Waals surface area (Å²) < 4.78 is 15.3. The number of carbonyl (C=O) groups is 2. The van der Waals surface area contributed by atoms with Gasteiger partial charge in [0.1, 0.15) is 18.6 Å². The number of anilines is 2. The van der Waals surface area contributed by atoms with Crippen LogP contribution in [0.15, 0.2) is 77.0 Å². The van der Waals surface area contributed by atoms with E-state index < -0.39 is 8.60 Å². The fraction of sp³-hybridized carbons (Fsp3) is 0.510. The highest BCUT2D eigenvalue weighted by molar-refractivity contribution is 7.39. The summed E-state index contributed by atoms with van der Waals surface area (Å²) >= 11 is 1.64. The predicted molar refractivity (Wildman–Crippen MR) is 272 cm³/mol. The minimum absolute atomic E-state index is 0.122. The van der Waals surface area contributed by atoms with E-state index in [0.717, 1.165) is 81.0 Å². The Morgan fingerprint density at radius 3 is 2.33 bits per heavy atom. The second-order valence-electron chi connectivity index (χ2n) is 17.2. The third-order valence-corrected chi connectivity index (χ3v) is 13.3. The van der Waals surface area contributed by atoms with Crippen molar-refractivity contribution >= 4 is 43.8 Å². The van der Waals surface area contributed by atoms with E-state index in [4.69, 9.17) is 23.6 Å². The number of aromatic hydroxyl groups is 1. The van der Waals surface area contributed by atoms with Crippen LogP contribution in [0.4, 0.5) is 11.5 Å². The number of phenolic OH excluding ortho intramolecular Hbond substituents is 1. The van der Waals surface area contributed by atoms with E-state index in [1.807, 2.05) is 83.6 Å². The van der Waals surface area contributed by atoms with Crippen molar-refractivity contribution < 1.29 is 38.3 Å². The molecule has 0 saturated carbocycles. The smallest absolute Gasteiger partial charge is 0.327 e. The van der Waals surface area contributed by atoms with Crippen molar-refractivity contribution in [3.8, 4) is 33.3 Å². The molecule has 1 atom stereocenters. The molecule has 1 unspecified atom stereocenters. The Balaban J connectivity index is 0.000000222.